The molecule has 0 atom stereocenters. The summed E-state index contributed by atoms with van der Waals surface area (Å²) in [5, 5.41) is 0. The molecular weight excluding hydrogens is 154 g/mol. The van der Waals surface area contributed by atoms with Gasteiger partial charge in [0, 0.05) is 0 Å². The predicted octanol–water partition coefficient (Wildman–Crippen LogP) is 1.68. The molecule has 0 spiro atoms. The van der Waals surface area contributed by atoms with Crippen LogP contribution in [-0.2, 0) is 0 Å². The molecule has 3 nitrogen and oxygen atoms in total. The van der Waals surface area contributed by atoms with Crippen LogP contribution in [0.5, 0.6) is 11.5 Å². The fraction of sp³-hybridized carbons (Fsp3) is 0.333. The third-order valence-corrected chi connectivity index (χ3v) is 1.55. The Morgan fingerprint density at radius 3 is 2.58 bits per heavy atom. The maximum atomic E-state index is 5.73. The Bertz CT molecular complexity index is 261. The van der Waals surface area contributed by atoms with E-state index < -0.39 is 0 Å². The smallest absolute Gasteiger partial charge is 0.145 e. The highest BCUT2D eigenvalue weighted by Crippen LogP contribution is 2.30. The van der Waals surface area contributed by atoms with Crippen LogP contribution in [0, 0.1) is 0 Å². The zero-order valence-electron chi connectivity index (χ0n) is 7.33. The van der Waals surface area contributed by atoms with Gasteiger partial charge in [-0.3, -0.25) is 0 Å². The first-order valence-corrected chi connectivity index (χ1v) is 3.84. The van der Waals surface area contributed by atoms with Gasteiger partial charge in [0.15, 0.2) is 0 Å². The maximum Gasteiger partial charge on any atom is 0.145 e. The van der Waals surface area contributed by atoms with E-state index in [0.717, 1.165) is 0 Å². The number of benzene rings is 1. The maximum absolute atomic E-state index is 5.73. The van der Waals surface area contributed by atoms with Crippen LogP contribution in [0.2, 0.25) is 0 Å². The Hall–Kier alpha value is -1.38. The number of rotatable bonds is 3. The summed E-state index contributed by atoms with van der Waals surface area (Å²) in [4.78, 5) is 0. The van der Waals surface area contributed by atoms with Crippen LogP contribution in [0.15, 0.2) is 18.2 Å². The minimum atomic E-state index is 0.557. The summed E-state index contributed by atoms with van der Waals surface area (Å²) in [6.45, 7) is 2.52. The molecule has 3 heteroatoms. The van der Waals surface area contributed by atoms with Crippen LogP contribution in [0.3, 0.4) is 0 Å². The average molecular weight is 167 g/mol. The van der Waals surface area contributed by atoms with E-state index in [1.54, 1.807) is 13.2 Å². The van der Waals surface area contributed by atoms with E-state index in [0.29, 0.717) is 23.8 Å². The summed E-state index contributed by atoms with van der Waals surface area (Å²) in [5.41, 5.74) is 6.29. The molecule has 0 aromatic heterocycles. The van der Waals surface area contributed by atoms with Crippen molar-refractivity contribution in [2.75, 3.05) is 19.5 Å². The summed E-state index contributed by atoms with van der Waals surface area (Å²) in [6, 6.07) is 5.47. The van der Waals surface area contributed by atoms with Gasteiger partial charge in [-0.1, -0.05) is 6.07 Å². The third-order valence-electron chi connectivity index (χ3n) is 1.55. The van der Waals surface area contributed by atoms with Gasteiger partial charge in [-0.15, -0.1) is 0 Å². The van der Waals surface area contributed by atoms with Crippen LogP contribution in [0.25, 0.3) is 0 Å². The van der Waals surface area contributed by atoms with Gasteiger partial charge >= 0.3 is 0 Å². The van der Waals surface area contributed by atoms with Gasteiger partial charge in [-0.2, -0.15) is 0 Å². The lowest BCUT2D eigenvalue weighted by Gasteiger charge is -2.09. The molecule has 2 N–H and O–H groups in total. The highest BCUT2D eigenvalue weighted by molar-refractivity contribution is 5.62. The molecule has 0 aliphatic rings. The second-order valence-electron chi connectivity index (χ2n) is 2.31. The first kappa shape index (κ1) is 8.71. The Labute approximate surface area is 72.1 Å². The van der Waals surface area contributed by atoms with Crippen LogP contribution < -0.4 is 15.2 Å². The first-order chi connectivity index (χ1) is 5.79. The second-order valence-corrected chi connectivity index (χ2v) is 2.31. The number of nitrogens with two attached hydrogens (primary N) is 1. The Kier molecular flexibility index (Phi) is 2.80. The third kappa shape index (κ3) is 1.61. The topological polar surface area (TPSA) is 44.5 Å². The van der Waals surface area contributed by atoms with Crippen LogP contribution in [-0.4, -0.2) is 13.7 Å². The zero-order valence-corrected chi connectivity index (χ0v) is 7.33. The largest absolute Gasteiger partial charge is 0.494 e. The molecule has 0 heterocycles. The molecule has 0 bridgehead atoms. The number of methoxy groups -OCH3 is 1. The van der Waals surface area contributed by atoms with E-state index in [4.69, 9.17) is 15.2 Å². The van der Waals surface area contributed by atoms with Gasteiger partial charge in [-0.05, 0) is 19.1 Å². The lowest BCUT2D eigenvalue weighted by atomic mass is 10.3. The monoisotopic (exact) mass is 167 g/mol. The lowest BCUT2D eigenvalue weighted by molar-refractivity contribution is 0.339. The van der Waals surface area contributed by atoms with Crippen molar-refractivity contribution >= 4 is 5.69 Å². The van der Waals surface area contributed by atoms with Crippen molar-refractivity contribution in [3.05, 3.63) is 18.2 Å². The second kappa shape index (κ2) is 3.85. The van der Waals surface area contributed by atoms with Crippen molar-refractivity contribution in [2.24, 2.45) is 0 Å². The van der Waals surface area contributed by atoms with E-state index in [-0.39, 0.29) is 0 Å². The molecule has 12 heavy (non-hydrogen) atoms. The minimum Gasteiger partial charge on any atom is -0.494 e. The summed E-state index contributed by atoms with van der Waals surface area (Å²) in [5.74, 6) is 1.33. The molecule has 0 fully saturated rings. The molecule has 0 saturated heterocycles. The van der Waals surface area contributed by atoms with Crippen molar-refractivity contribution < 1.29 is 9.47 Å². The summed E-state index contributed by atoms with van der Waals surface area (Å²) < 4.78 is 10.3. The normalized spacial score (nSPS) is 9.50. The summed E-state index contributed by atoms with van der Waals surface area (Å²) in [7, 11) is 1.58. The predicted molar refractivity (Wildman–Crippen MR) is 48.6 cm³/mol. The zero-order chi connectivity index (χ0) is 8.97. The Morgan fingerprint density at radius 1 is 1.33 bits per heavy atom. The van der Waals surface area contributed by atoms with Gasteiger partial charge in [0.05, 0.1) is 13.7 Å². The van der Waals surface area contributed by atoms with Crippen molar-refractivity contribution in [2.45, 2.75) is 6.92 Å². The molecule has 0 radical (unpaired) electrons. The van der Waals surface area contributed by atoms with Crippen molar-refractivity contribution in [1.82, 2.24) is 0 Å². The minimum absolute atomic E-state index is 0.557. The van der Waals surface area contributed by atoms with Gasteiger partial charge in [0.25, 0.3) is 0 Å². The molecule has 0 aliphatic carbocycles. The standard InChI is InChI=1S/C9H13NO2/c1-3-12-8-6-4-5-7(11-2)9(8)10/h4-6H,3,10H2,1-2H3. The summed E-state index contributed by atoms with van der Waals surface area (Å²) in [6.07, 6.45) is 0. The van der Waals surface area contributed by atoms with Gasteiger partial charge in [0.1, 0.15) is 17.2 Å². The number of nitrogen functional groups attached to an aromatic ring is 1. The van der Waals surface area contributed by atoms with E-state index in [1.807, 2.05) is 19.1 Å². The van der Waals surface area contributed by atoms with Crippen molar-refractivity contribution in [1.29, 1.82) is 0 Å². The molecule has 0 amide bonds. The van der Waals surface area contributed by atoms with E-state index in [2.05, 4.69) is 0 Å². The molecule has 1 aromatic carbocycles. The van der Waals surface area contributed by atoms with Gasteiger partial charge in [-0.25, -0.2) is 0 Å². The number of hydrogen-bond donors (Lipinski definition) is 1. The van der Waals surface area contributed by atoms with E-state index in [9.17, 15) is 0 Å². The lowest BCUT2D eigenvalue weighted by Crippen LogP contribution is -1.98. The van der Waals surface area contributed by atoms with Crippen LogP contribution in [0.1, 0.15) is 6.92 Å². The number of ether oxygens (including phenoxy) is 2. The van der Waals surface area contributed by atoms with Crippen LogP contribution >= 0.6 is 0 Å². The number of hydrogen-bond acceptors (Lipinski definition) is 3. The van der Waals surface area contributed by atoms with Gasteiger partial charge < -0.3 is 15.2 Å². The quantitative estimate of drug-likeness (QED) is 0.696. The average Bonchev–Trinajstić information content (AvgIpc) is 2.09. The molecule has 0 aliphatic heterocycles. The molecular formula is C9H13NO2. The highest BCUT2D eigenvalue weighted by Gasteiger charge is 2.04. The SMILES string of the molecule is CCOc1cccc(OC)c1N. The van der Waals surface area contributed by atoms with Crippen molar-refractivity contribution in [3.63, 3.8) is 0 Å². The number of para-hydroxylation sites is 1. The van der Waals surface area contributed by atoms with Crippen LogP contribution in [0.4, 0.5) is 5.69 Å². The molecule has 0 saturated carbocycles. The molecule has 1 rings (SSSR count). The fourth-order valence-corrected chi connectivity index (χ4v) is 0.983. The first-order valence-electron chi connectivity index (χ1n) is 3.84. The Morgan fingerprint density at radius 2 is 2.00 bits per heavy atom. The highest BCUT2D eigenvalue weighted by atomic mass is 16.5. The molecule has 0 unspecified atom stereocenters. The molecule has 66 valence electrons. The van der Waals surface area contributed by atoms with E-state index in [1.165, 1.54) is 0 Å². The number of anilines is 1. The van der Waals surface area contributed by atoms with Gasteiger partial charge in [0.2, 0.25) is 0 Å². The molecule has 1 aromatic rings. The van der Waals surface area contributed by atoms with Crippen molar-refractivity contribution in [3.8, 4) is 11.5 Å². The Balaban J connectivity index is 2.97. The fourth-order valence-electron chi connectivity index (χ4n) is 0.983. The summed E-state index contributed by atoms with van der Waals surface area (Å²) >= 11 is 0. The van der Waals surface area contributed by atoms with E-state index >= 15 is 0 Å².